The lowest BCUT2D eigenvalue weighted by atomic mass is 10.0. The van der Waals surface area contributed by atoms with Crippen molar-refractivity contribution in [2.24, 2.45) is 0 Å². The number of aryl methyl sites for hydroxylation is 4. The number of carbonyl (C=O) groups excluding carboxylic acids is 1. The van der Waals surface area contributed by atoms with Crippen LogP contribution in [0, 0.1) is 20.8 Å². The quantitative estimate of drug-likeness (QED) is 0.148. The van der Waals surface area contributed by atoms with Crippen molar-refractivity contribution in [2.45, 2.75) is 52.6 Å². The lowest BCUT2D eigenvalue weighted by molar-refractivity contribution is -0.124. The zero-order valence-electron chi connectivity index (χ0n) is 21.2. The van der Waals surface area contributed by atoms with Gasteiger partial charge in [0.2, 0.25) is 0 Å². The molecule has 1 amide bonds. The number of nitrogens with zero attached hydrogens (tertiary/aromatic N) is 1. The van der Waals surface area contributed by atoms with Crippen LogP contribution >= 0.6 is 0 Å². The number of rotatable bonds is 8. The zero-order chi connectivity index (χ0) is 25.2. The first-order chi connectivity index (χ1) is 17.4. The summed E-state index contributed by atoms with van der Waals surface area (Å²) in [6.07, 6.45) is 8.31. The van der Waals surface area contributed by atoms with Crippen LogP contribution in [-0.4, -0.2) is 32.5 Å². The average Bonchev–Trinajstić information content (AvgIpc) is 3.56. The number of carbonyl (C=O) groups is 1. The molecule has 0 aliphatic heterocycles. The van der Waals surface area contributed by atoms with Gasteiger partial charge in [-0.2, -0.15) is 0 Å². The molecule has 2 aromatic heterocycles. The third kappa shape index (κ3) is 5.01. The molecule has 4 N–H and O–H groups in total. The van der Waals surface area contributed by atoms with Crippen molar-refractivity contribution in [3.8, 4) is 0 Å². The summed E-state index contributed by atoms with van der Waals surface area (Å²) in [7, 11) is 0. The Morgan fingerprint density at radius 2 is 2.03 bits per heavy atom. The molecule has 1 aliphatic carbocycles. The molecular formula is C30H34N4O2. The molecule has 2 aromatic carbocycles. The van der Waals surface area contributed by atoms with Crippen LogP contribution in [0.25, 0.3) is 17.0 Å². The normalized spacial score (nSPS) is 15.3. The largest absolute Gasteiger partial charge is 0.361 e. The van der Waals surface area contributed by atoms with Gasteiger partial charge < -0.3 is 9.97 Å². The van der Waals surface area contributed by atoms with Crippen LogP contribution in [0.3, 0.4) is 0 Å². The molecule has 2 heterocycles. The fourth-order valence-electron chi connectivity index (χ4n) is 5.58. The van der Waals surface area contributed by atoms with Gasteiger partial charge in [-0.25, -0.2) is 5.48 Å². The number of hydrogen-bond donors (Lipinski definition) is 4. The molecule has 4 aromatic rings. The summed E-state index contributed by atoms with van der Waals surface area (Å²) in [6, 6.07) is 15.6. The zero-order valence-corrected chi connectivity index (χ0v) is 21.2. The molecule has 186 valence electrons. The van der Waals surface area contributed by atoms with Crippen LogP contribution < -0.4 is 5.48 Å². The van der Waals surface area contributed by atoms with Gasteiger partial charge in [0, 0.05) is 53.7 Å². The van der Waals surface area contributed by atoms with Gasteiger partial charge in [0.25, 0.3) is 5.91 Å². The van der Waals surface area contributed by atoms with E-state index in [2.05, 4.69) is 84.3 Å². The van der Waals surface area contributed by atoms with Gasteiger partial charge in [0.1, 0.15) is 0 Å². The van der Waals surface area contributed by atoms with Crippen LogP contribution in [0.5, 0.6) is 0 Å². The summed E-state index contributed by atoms with van der Waals surface area (Å²) in [5.74, 6) is -0.524. The Balaban J connectivity index is 1.40. The van der Waals surface area contributed by atoms with Crippen molar-refractivity contribution in [1.29, 1.82) is 0 Å². The molecule has 0 bridgehead atoms. The van der Waals surface area contributed by atoms with E-state index in [0.29, 0.717) is 6.04 Å². The Kier molecular flexibility index (Phi) is 6.81. The second-order valence-corrected chi connectivity index (χ2v) is 10.0. The summed E-state index contributed by atoms with van der Waals surface area (Å²) >= 11 is 0. The van der Waals surface area contributed by atoms with Crippen molar-refractivity contribution in [2.75, 3.05) is 6.54 Å². The van der Waals surface area contributed by atoms with Crippen LogP contribution in [0.4, 0.5) is 0 Å². The van der Waals surface area contributed by atoms with Gasteiger partial charge in [-0.15, -0.1) is 0 Å². The summed E-state index contributed by atoms with van der Waals surface area (Å²) in [4.78, 5) is 21.0. The van der Waals surface area contributed by atoms with Gasteiger partial charge in [-0.1, -0.05) is 30.3 Å². The van der Waals surface area contributed by atoms with E-state index >= 15 is 0 Å². The van der Waals surface area contributed by atoms with Crippen molar-refractivity contribution in [3.63, 3.8) is 0 Å². The van der Waals surface area contributed by atoms with Gasteiger partial charge in [0.15, 0.2) is 0 Å². The molecule has 1 aliphatic rings. The van der Waals surface area contributed by atoms with E-state index in [1.54, 1.807) is 11.6 Å². The molecule has 1 atom stereocenters. The average molecular weight is 483 g/mol. The van der Waals surface area contributed by atoms with E-state index in [1.165, 1.54) is 56.2 Å². The van der Waals surface area contributed by atoms with E-state index in [0.717, 1.165) is 37.9 Å². The molecule has 0 saturated heterocycles. The topological polar surface area (TPSA) is 84.2 Å². The minimum atomic E-state index is -0.524. The third-order valence-electron chi connectivity index (χ3n) is 7.40. The number of hydroxylamine groups is 1. The number of fused-ring (bicyclic) bond motifs is 2. The first kappa shape index (κ1) is 24.1. The Morgan fingerprint density at radius 1 is 1.17 bits per heavy atom. The van der Waals surface area contributed by atoms with Crippen LogP contribution in [-0.2, 0) is 24.2 Å². The molecular weight excluding hydrogens is 448 g/mol. The standard InChI is InChI=1S/C30H34N4O2/c1-19-4-8-25-24(17-31-27(25)14-19)12-13-34(18-28-20(2)15-21(3)32-28)29-10-7-23-16-22(5-9-26(23)29)6-11-30(35)33-36/h4-6,8-9,11,14-17,29,31-32,36H,7,10,12-13,18H2,1-3H3,(H,33,35)/b11-6+. The third-order valence-corrected chi connectivity index (χ3v) is 7.40. The number of nitrogens with one attached hydrogen (secondary N) is 3. The number of hydrogen-bond acceptors (Lipinski definition) is 3. The molecule has 6 heteroatoms. The maximum atomic E-state index is 11.4. The van der Waals surface area contributed by atoms with Crippen molar-refractivity contribution < 1.29 is 10.0 Å². The second-order valence-electron chi connectivity index (χ2n) is 10.0. The Bertz CT molecular complexity index is 1430. The Hall–Kier alpha value is -3.61. The monoisotopic (exact) mass is 482 g/mol. The molecule has 5 rings (SSSR count). The van der Waals surface area contributed by atoms with E-state index in [4.69, 9.17) is 5.21 Å². The van der Waals surface area contributed by atoms with Crippen LogP contribution in [0.2, 0.25) is 0 Å². The fraction of sp³-hybridized carbons (Fsp3) is 0.300. The summed E-state index contributed by atoms with van der Waals surface area (Å²) in [5, 5.41) is 10.0. The summed E-state index contributed by atoms with van der Waals surface area (Å²) in [5.41, 5.74) is 12.9. The first-order valence-corrected chi connectivity index (χ1v) is 12.6. The highest BCUT2D eigenvalue weighted by Gasteiger charge is 2.28. The Labute approximate surface area is 212 Å². The number of aromatic amines is 2. The molecule has 0 spiro atoms. The summed E-state index contributed by atoms with van der Waals surface area (Å²) in [6.45, 7) is 8.27. The predicted molar refractivity (Wildman–Crippen MR) is 144 cm³/mol. The molecule has 6 nitrogen and oxygen atoms in total. The maximum Gasteiger partial charge on any atom is 0.267 e. The minimum absolute atomic E-state index is 0.342. The summed E-state index contributed by atoms with van der Waals surface area (Å²) < 4.78 is 0. The highest BCUT2D eigenvalue weighted by Crippen LogP contribution is 2.38. The number of amides is 1. The second kappa shape index (κ2) is 10.2. The van der Waals surface area contributed by atoms with E-state index in [1.807, 2.05) is 0 Å². The fourth-order valence-corrected chi connectivity index (χ4v) is 5.58. The van der Waals surface area contributed by atoms with Gasteiger partial charge in [-0.3, -0.25) is 14.9 Å². The maximum absolute atomic E-state index is 11.4. The molecule has 0 radical (unpaired) electrons. The van der Waals surface area contributed by atoms with Gasteiger partial charge >= 0.3 is 0 Å². The smallest absolute Gasteiger partial charge is 0.267 e. The van der Waals surface area contributed by atoms with Crippen LogP contribution in [0.1, 0.15) is 57.2 Å². The van der Waals surface area contributed by atoms with E-state index in [-0.39, 0.29) is 0 Å². The van der Waals surface area contributed by atoms with Crippen LogP contribution in [0.15, 0.2) is 54.7 Å². The molecule has 0 fully saturated rings. The van der Waals surface area contributed by atoms with Gasteiger partial charge in [-0.05, 0) is 91.6 Å². The highest BCUT2D eigenvalue weighted by atomic mass is 16.5. The molecule has 0 saturated carbocycles. The van der Waals surface area contributed by atoms with Gasteiger partial charge in [0.05, 0.1) is 0 Å². The Morgan fingerprint density at radius 3 is 2.81 bits per heavy atom. The lowest BCUT2D eigenvalue weighted by Gasteiger charge is -2.30. The van der Waals surface area contributed by atoms with E-state index in [9.17, 15) is 4.79 Å². The van der Waals surface area contributed by atoms with E-state index < -0.39 is 5.91 Å². The van der Waals surface area contributed by atoms with Crippen molar-refractivity contribution >= 4 is 22.9 Å². The highest BCUT2D eigenvalue weighted by molar-refractivity contribution is 5.90. The number of aromatic nitrogens is 2. The van der Waals surface area contributed by atoms with Crippen molar-refractivity contribution in [1.82, 2.24) is 20.3 Å². The SMILES string of the molecule is Cc1ccc2c(CCN(Cc3[nH]c(C)cc3C)C3CCc4cc(/C=C/C(=O)NO)ccc43)c[nH]c2c1. The first-order valence-electron chi connectivity index (χ1n) is 12.6. The molecule has 36 heavy (non-hydrogen) atoms. The number of H-pyrrole nitrogens is 2. The number of benzene rings is 2. The minimum Gasteiger partial charge on any atom is -0.361 e. The van der Waals surface area contributed by atoms with Crippen molar-refractivity contribution in [3.05, 3.63) is 99.5 Å². The predicted octanol–water partition coefficient (Wildman–Crippen LogP) is 5.67. The molecule has 1 unspecified atom stereocenters. The lowest BCUT2D eigenvalue weighted by Crippen LogP contribution is -2.29.